The lowest BCUT2D eigenvalue weighted by Gasteiger charge is -2.27. The smallest absolute Gasteiger partial charge is 0.236 e. The van der Waals surface area contributed by atoms with Crippen LogP contribution in [0.1, 0.15) is 5.56 Å². The summed E-state index contributed by atoms with van der Waals surface area (Å²) < 4.78 is 13.3. The van der Waals surface area contributed by atoms with Crippen molar-refractivity contribution < 1.29 is 9.18 Å². The van der Waals surface area contributed by atoms with E-state index in [1.165, 1.54) is 6.07 Å². The summed E-state index contributed by atoms with van der Waals surface area (Å²) in [6.07, 6.45) is 0. The van der Waals surface area contributed by atoms with E-state index in [0.717, 1.165) is 23.2 Å². The number of amides is 1. The molecule has 22 heavy (non-hydrogen) atoms. The fourth-order valence-electron chi connectivity index (χ4n) is 2.56. The Morgan fingerprint density at radius 1 is 1.18 bits per heavy atom. The van der Waals surface area contributed by atoms with Gasteiger partial charge in [0.25, 0.3) is 0 Å². The second-order valence-corrected chi connectivity index (χ2v) is 5.73. The van der Waals surface area contributed by atoms with Crippen molar-refractivity contribution >= 4 is 17.5 Å². The summed E-state index contributed by atoms with van der Waals surface area (Å²) in [7, 11) is 0. The zero-order valence-corrected chi connectivity index (χ0v) is 12.7. The van der Waals surface area contributed by atoms with E-state index >= 15 is 0 Å². The average molecular weight is 319 g/mol. The molecule has 1 N–H and O–H groups in total. The number of hydrogen-bond donors (Lipinski definition) is 1. The highest BCUT2D eigenvalue weighted by Crippen LogP contribution is 2.26. The molecule has 114 valence electrons. The topological polar surface area (TPSA) is 32.3 Å². The first-order chi connectivity index (χ1) is 10.6. The average Bonchev–Trinajstić information content (AvgIpc) is 2.53. The molecule has 2 aromatic rings. The summed E-state index contributed by atoms with van der Waals surface area (Å²) in [6, 6.07) is 12.6. The molecular weight excluding hydrogens is 303 g/mol. The molecule has 1 aliphatic heterocycles. The van der Waals surface area contributed by atoms with Gasteiger partial charge in [0.05, 0.1) is 11.6 Å². The quantitative estimate of drug-likeness (QED) is 0.943. The van der Waals surface area contributed by atoms with Crippen LogP contribution in [0.2, 0.25) is 5.02 Å². The predicted octanol–water partition coefficient (Wildman–Crippen LogP) is 3.08. The first-order valence-electron chi connectivity index (χ1n) is 7.16. The summed E-state index contributed by atoms with van der Waals surface area (Å²) in [5, 5.41) is 3.17. The van der Waals surface area contributed by atoms with Crippen LogP contribution in [0.5, 0.6) is 0 Å². The molecule has 0 spiro atoms. The van der Waals surface area contributed by atoms with E-state index in [1.54, 1.807) is 12.1 Å². The van der Waals surface area contributed by atoms with Crippen molar-refractivity contribution in [2.45, 2.75) is 6.54 Å². The van der Waals surface area contributed by atoms with Gasteiger partial charge >= 0.3 is 0 Å². The summed E-state index contributed by atoms with van der Waals surface area (Å²) in [4.78, 5) is 13.7. The van der Waals surface area contributed by atoms with Gasteiger partial charge in [-0.15, -0.1) is 0 Å². The molecular formula is C17H16ClFN2O. The van der Waals surface area contributed by atoms with Crippen LogP contribution in [0, 0.1) is 5.82 Å². The number of hydrogen-bond acceptors (Lipinski definition) is 2. The highest BCUT2D eigenvalue weighted by molar-refractivity contribution is 6.31. The number of halogens is 2. The van der Waals surface area contributed by atoms with Crippen molar-refractivity contribution in [3.63, 3.8) is 0 Å². The van der Waals surface area contributed by atoms with E-state index in [2.05, 4.69) is 5.32 Å². The normalized spacial score (nSPS) is 15.2. The molecule has 0 radical (unpaired) electrons. The predicted molar refractivity (Wildman–Crippen MR) is 85.1 cm³/mol. The van der Waals surface area contributed by atoms with Gasteiger partial charge in [-0.2, -0.15) is 0 Å². The van der Waals surface area contributed by atoms with E-state index < -0.39 is 5.82 Å². The number of nitrogens with one attached hydrogen (secondary N) is 1. The zero-order chi connectivity index (χ0) is 15.5. The molecule has 3 nitrogen and oxygen atoms in total. The van der Waals surface area contributed by atoms with Gasteiger partial charge in [-0.3, -0.25) is 4.79 Å². The second-order valence-electron chi connectivity index (χ2n) is 5.32. The Balaban J connectivity index is 1.82. The third-order valence-corrected chi connectivity index (χ3v) is 4.03. The minimum Gasteiger partial charge on any atom is -0.336 e. The van der Waals surface area contributed by atoms with Crippen LogP contribution in [0.15, 0.2) is 42.5 Å². The van der Waals surface area contributed by atoms with E-state index in [1.807, 2.05) is 29.2 Å². The van der Waals surface area contributed by atoms with Gasteiger partial charge in [-0.1, -0.05) is 35.9 Å². The Hall–Kier alpha value is -1.91. The summed E-state index contributed by atoms with van der Waals surface area (Å²) >= 11 is 5.84. The first-order valence-corrected chi connectivity index (χ1v) is 7.54. The summed E-state index contributed by atoms with van der Waals surface area (Å²) in [5.41, 5.74) is 2.87. The minimum atomic E-state index is -0.423. The molecule has 5 heteroatoms. The van der Waals surface area contributed by atoms with E-state index in [4.69, 9.17) is 11.6 Å². The number of carbonyl (C=O) groups is 1. The molecule has 1 saturated heterocycles. The largest absolute Gasteiger partial charge is 0.336 e. The number of benzene rings is 2. The lowest BCUT2D eigenvalue weighted by Crippen LogP contribution is -2.47. The SMILES string of the molecule is O=C1CNCCN1Cc1cccc(-c2ccc(F)c(Cl)c2)c1. The monoisotopic (exact) mass is 318 g/mol. The third-order valence-electron chi connectivity index (χ3n) is 3.74. The highest BCUT2D eigenvalue weighted by atomic mass is 35.5. The van der Waals surface area contributed by atoms with Gasteiger partial charge in [0.15, 0.2) is 0 Å². The number of rotatable bonds is 3. The maximum atomic E-state index is 13.3. The lowest BCUT2D eigenvalue weighted by molar-refractivity contribution is -0.132. The van der Waals surface area contributed by atoms with Gasteiger partial charge in [-0.05, 0) is 34.9 Å². The van der Waals surface area contributed by atoms with Crippen LogP contribution >= 0.6 is 11.6 Å². The number of carbonyl (C=O) groups excluding carboxylic acids is 1. The fourth-order valence-corrected chi connectivity index (χ4v) is 2.74. The zero-order valence-electron chi connectivity index (χ0n) is 12.0. The van der Waals surface area contributed by atoms with Crippen LogP contribution in [0.3, 0.4) is 0 Å². The molecule has 0 atom stereocenters. The number of nitrogens with zero attached hydrogens (tertiary/aromatic N) is 1. The Morgan fingerprint density at radius 3 is 2.77 bits per heavy atom. The summed E-state index contributed by atoms with van der Waals surface area (Å²) in [5.74, 6) is -0.311. The maximum Gasteiger partial charge on any atom is 0.236 e. The molecule has 1 aliphatic rings. The van der Waals surface area contributed by atoms with E-state index in [-0.39, 0.29) is 10.9 Å². The van der Waals surface area contributed by atoms with Crippen LogP contribution in [-0.4, -0.2) is 30.4 Å². The van der Waals surface area contributed by atoms with Crippen molar-refractivity contribution in [2.75, 3.05) is 19.6 Å². The molecule has 3 rings (SSSR count). The molecule has 0 aliphatic carbocycles. The van der Waals surface area contributed by atoms with Gasteiger partial charge in [0.1, 0.15) is 5.82 Å². The number of piperazine rings is 1. The summed E-state index contributed by atoms with van der Waals surface area (Å²) in [6.45, 7) is 2.51. The molecule has 1 amide bonds. The van der Waals surface area contributed by atoms with Gasteiger partial charge in [-0.25, -0.2) is 4.39 Å². The van der Waals surface area contributed by atoms with Crippen LogP contribution in [0.25, 0.3) is 11.1 Å². The van der Waals surface area contributed by atoms with Crippen LogP contribution in [-0.2, 0) is 11.3 Å². The van der Waals surface area contributed by atoms with Gasteiger partial charge in [0.2, 0.25) is 5.91 Å². The minimum absolute atomic E-state index is 0.111. The molecule has 2 aromatic carbocycles. The van der Waals surface area contributed by atoms with Crippen molar-refractivity contribution in [3.8, 4) is 11.1 Å². The highest BCUT2D eigenvalue weighted by Gasteiger charge is 2.17. The van der Waals surface area contributed by atoms with Crippen molar-refractivity contribution in [2.24, 2.45) is 0 Å². The van der Waals surface area contributed by atoms with Crippen LogP contribution in [0.4, 0.5) is 4.39 Å². The maximum absolute atomic E-state index is 13.3. The molecule has 0 bridgehead atoms. The Morgan fingerprint density at radius 2 is 2.00 bits per heavy atom. The molecule has 0 aromatic heterocycles. The first kappa shape index (κ1) is 15.0. The van der Waals surface area contributed by atoms with Crippen molar-refractivity contribution in [3.05, 3.63) is 58.9 Å². The van der Waals surface area contributed by atoms with Crippen molar-refractivity contribution in [1.29, 1.82) is 0 Å². The van der Waals surface area contributed by atoms with Gasteiger partial charge in [0, 0.05) is 19.6 Å². The van der Waals surface area contributed by atoms with E-state index in [9.17, 15) is 9.18 Å². The van der Waals surface area contributed by atoms with Crippen LogP contribution < -0.4 is 5.32 Å². The molecule has 0 unspecified atom stereocenters. The lowest BCUT2D eigenvalue weighted by atomic mass is 10.0. The van der Waals surface area contributed by atoms with E-state index in [0.29, 0.717) is 19.6 Å². The van der Waals surface area contributed by atoms with Gasteiger partial charge < -0.3 is 10.2 Å². The molecule has 1 heterocycles. The standard InChI is InChI=1S/C17H16ClFN2O/c18-15-9-14(4-5-16(15)19)13-3-1-2-12(8-13)11-21-7-6-20-10-17(21)22/h1-5,8-9,20H,6-7,10-11H2. The Kier molecular flexibility index (Phi) is 4.41. The second kappa shape index (κ2) is 6.46. The molecule has 0 saturated carbocycles. The Bertz CT molecular complexity index is 705. The third kappa shape index (κ3) is 3.29. The Labute approximate surface area is 133 Å². The van der Waals surface area contributed by atoms with Crippen molar-refractivity contribution in [1.82, 2.24) is 10.2 Å². The molecule has 1 fully saturated rings. The fraction of sp³-hybridized carbons (Fsp3) is 0.235.